The molecule has 0 aliphatic carbocycles. The molecule has 0 aliphatic rings. The predicted octanol–water partition coefficient (Wildman–Crippen LogP) is 0.774. The smallest absolute Gasteiger partial charge is 0.141 e. The molecule has 1 heterocycles. The summed E-state index contributed by atoms with van der Waals surface area (Å²) in [6, 6.07) is 3.40. The van der Waals surface area contributed by atoms with Gasteiger partial charge in [-0.25, -0.2) is 0 Å². The standard InChI is InChI=1S/C5H6ClN3/c6-9-3-1-2-4(9)5(7)8/h1-3H,(H3,7,8). The molecule has 1 rings (SSSR count). The number of aromatic nitrogens is 1. The number of nitrogens with zero attached hydrogens (tertiary/aromatic N) is 1. The zero-order chi connectivity index (χ0) is 6.85. The fraction of sp³-hybridized carbons (Fsp3) is 0. The zero-order valence-corrected chi connectivity index (χ0v) is 5.39. The van der Waals surface area contributed by atoms with Crippen LogP contribution in [-0.2, 0) is 0 Å². The monoisotopic (exact) mass is 143 g/mol. The molecule has 3 nitrogen and oxygen atoms in total. The molecule has 1 aromatic heterocycles. The lowest BCUT2D eigenvalue weighted by Crippen LogP contribution is -2.13. The van der Waals surface area contributed by atoms with Crippen molar-refractivity contribution in [1.82, 2.24) is 4.09 Å². The van der Waals surface area contributed by atoms with Gasteiger partial charge in [0.25, 0.3) is 0 Å². The van der Waals surface area contributed by atoms with Crippen LogP contribution in [0.4, 0.5) is 0 Å². The van der Waals surface area contributed by atoms with Crippen molar-refractivity contribution >= 4 is 17.6 Å². The Bertz CT molecular complexity index is 228. The molecular weight excluding hydrogens is 138 g/mol. The molecule has 1 aromatic rings. The normalized spacial score (nSPS) is 9.44. The maximum Gasteiger partial charge on any atom is 0.141 e. The molecule has 0 amide bonds. The van der Waals surface area contributed by atoms with E-state index >= 15 is 0 Å². The predicted molar refractivity (Wildman–Crippen MR) is 36.7 cm³/mol. The first-order valence-electron chi connectivity index (χ1n) is 2.39. The van der Waals surface area contributed by atoms with Gasteiger partial charge in [-0.2, -0.15) is 0 Å². The number of rotatable bonds is 1. The van der Waals surface area contributed by atoms with Gasteiger partial charge in [0.05, 0.1) is 5.69 Å². The molecule has 0 saturated carbocycles. The number of halogens is 1. The van der Waals surface area contributed by atoms with E-state index in [1.807, 2.05) is 0 Å². The quantitative estimate of drug-likeness (QED) is 0.443. The summed E-state index contributed by atoms with van der Waals surface area (Å²) in [5.41, 5.74) is 5.66. The SMILES string of the molecule is N=C(N)c1cccn1Cl. The van der Waals surface area contributed by atoms with Crippen molar-refractivity contribution in [2.24, 2.45) is 5.73 Å². The van der Waals surface area contributed by atoms with Gasteiger partial charge in [0.2, 0.25) is 0 Å². The van der Waals surface area contributed by atoms with Gasteiger partial charge >= 0.3 is 0 Å². The first kappa shape index (κ1) is 6.16. The molecule has 4 heteroatoms. The minimum Gasteiger partial charge on any atom is -0.382 e. The van der Waals surface area contributed by atoms with E-state index in [4.69, 9.17) is 22.9 Å². The number of hydrogen-bond acceptors (Lipinski definition) is 1. The molecule has 0 unspecified atom stereocenters. The van der Waals surface area contributed by atoms with E-state index in [0.717, 1.165) is 0 Å². The highest BCUT2D eigenvalue weighted by molar-refractivity contribution is 6.18. The first-order chi connectivity index (χ1) is 4.22. The lowest BCUT2D eigenvalue weighted by molar-refractivity contribution is 1.21. The maximum atomic E-state index is 6.97. The van der Waals surface area contributed by atoms with Crippen molar-refractivity contribution in [2.45, 2.75) is 0 Å². The lowest BCUT2D eigenvalue weighted by Gasteiger charge is -1.94. The summed E-state index contributed by atoms with van der Waals surface area (Å²) in [6.07, 6.45) is 1.62. The van der Waals surface area contributed by atoms with Crippen LogP contribution in [0.15, 0.2) is 18.3 Å². The molecule has 48 valence electrons. The third kappa shape index (κ3) is 1.05. The maximum absolute atomic E-state index is 6.97. The number of hydrogen-bond donors (Lipinski definition) is 2. The van der Waals surface area contributed by atoms with Gasteiger partial charge in [-0.05, 0) is 12.1 Å². The summed E-state index contributed by atoms with van der Waals surface area (Å²) in [5, 5.41) is 6.97. The van der Waals surface area contributed by atoms with Crippen LogP contribution in [0.2, 0.25) is 0 Å². The number of nitrogens with one attached hydrogen (secondary N) is 1. The van der Waals surface area contributed by atoms with E-state index in [-0.39, 0.29) is 5.84 Å². The lowest BCUT2D eigenvalue weighted by atomic mass is 10.4. The second-order valence-corrected chi connectivity index (χ2v) is 1.98. The number of nitrogens with two attached hydrogens (primary N) is 1. The van der Waals surface area contributed by atoms with Gasteiger partial charge < -0.3 is 5.73 Å². The molecule has 0 bridgehead atoms. The van der Waals surface area contributed by atoms with E-state index < -0.39 is 0 Å². The minimum absolute atomic E-state index is 0.0185. The fourth-order valence-corrected chi connectivity index (χ4v) is 0.779. The molecular formula is C5H6ClN3. The third-order valence-corrected chi connectivity index (χ3v) is 1.27. The Balaban J connectivity index is 3.08. The van der Waals surface area contributed by atoms with Crippen molar-refractivity contribution in [3.05, 3.63) is 24.0 Å². The van der Waals surface area contributed by atoms with Crippen molar-refractivity contribution < 1.29 is 0 Å². The minimum atomic E-state index is -0.0185. The van der Waals surface area contributed by atoms with Gasteiger partial charge in [-0.1, -0.05) is 0 Å². The summed E-state index contributed by atoms with van der Waals surface area (Å²) < 4.78 is 1.28. The molecule has 0 atom stereocenters. The Morgan fingerprint density at radius 3 is 2.67 bits per heavy atom. The van der Waals surface area contributed by atoms with Crippen molar-refractivity contribution in [1.29, 1.82) is 5.41 Å². The molecule has 9 heavy (non-hydrogen) atoms. The Morgan fingerprint density at radius 1 is 1.78 bits per heavy atom. The van der Waals surface area contributed by atoms with Crippen LogP contribution in [0, 0.1) is 5.41 Å². The van der Waals surface area contributed by atoms with Crippen LogP contribution < -0.4 is 5.73 Å². The van der Waals surface area contributed by atoms with Gasteiger partial charge in [-0.15, -0.1) is 0 Å². The number of amidine groups is 1. The zero-order valence-electron chi connectivity index (χ0n) is 4.63. The second kappa shape index (κ2) is 2.11. The topological polar surface area (TPSA) is 54.8 Å². The molecule has 0 radical (unpaired) electrons. The Hall–Kier alpha value is -0.960. The van der Waals surface area contributed by atoms with Crippen LogP contribution in [0.5, 0.6) is 0 Å². The van der Waals surface area contributed by atoms with Gasteiger partial charge in [0, 0.05) is 18.0 Å². The van der Waals surface area contributed by atoms with Crippen LogP contribution in [0.25, 0.3) is 0 Å². The first-order valence-corrected chi connectivity index (χ1v) is 2.73. The van der Waals surface area contributed by atoms with E-state index in [2.05, 4.69) is 0 Å². The highest BCUT2D eigenvalue weighted by Crippen LogP contribution is 2.01. The average molecular weight is 144 g/mol. The van der Waals surface area contributed by atoms with E-state index in [1.165, 1.54) is 4.09 Å². The molecule has 0 fully saturated rings. The third-order valence-electron chi connectivity index (χ3n) is 0.977. The van der Waals surface area contributed by atoms with Crippen molar-refractivity contribution in [3.63, 3.8) is 0 Å². The van der Waals surface area contributed by atoms with Gasteiger partial charge in [0.15, 0.2) is 0 Å². The molecule has 0 spiro atoms. The van der Waals surface area contributed by atoms with Crippen LogP contribution >= 0.6 is 11.8 Å². The summed E-state index contributed by atoms with van der Waals surface area (Å²) in [7, 11) is 0. The van der Waals surface area contributed by atoms with Crippen LogP contribution in [-0.4, -0.2) is 9.92 Å². The van der Waals surface area contributed by atoms with Crippen molar-refractivity contribution in [3.8, 4) is 0 Å². The van der Waals surface area contributed by atoms with Gasteiger partial charge in [0.1, 0.15) is 5.84 Å². The highest BCUT2D eigenvalue weighted by atomic mass is 35.5. The molecule has 0 aromatic carbocycles. The summed E-state index contributed by atoms with van der Waals surface area (Å²) in [5.74, 6) is -0.0185. The largest absolute Gasteiger partial charge is 0.382 e. The van der Waals surface area contributed by atoms with Crippen LogP contribution in [0.3, 0.4) is 0 Å². The number of nitrogen functional groups attached to an aromatic ring is 1. The Morgan fingerprint density at radius 2 is 2.44 bits per heavy atom. The summed E-state index contributed by atoms with van der Waals surface area (Å²) in [4.78, 5) is 0. The molecule has 0 aliphatic heterocycles. The summed E-state index contributed by atoms with van der Waals surface area (Å²) in [6.45, 7) is 0. The van der Waals surface area contributed by atoms with E-state index in [1.54, 1.807) is 18.3 Å². The Labute approximate surface area is 57.7 Å². The van der Waals surface area contributed by atoms with E-state index in [0.29, 0.717) is 5.69 Å². The highest BCUT2D eigenvalue weighted by Gasteiger charge is 1.98. The van der Waals surface area contributed by atoms with Crippen molar-refractivity contribution in [2.75, 3.05) is 0 Å². The fourth-order valence-electron chi connectivity index (χ4n) is 0.566. The summed E-state index contributed by atoms with van der Waals surface area (Å²) >= 11 is 5.53. The Kier molecular flexibility index (Phi) is 1.44. The molecule has 0 saturated heterocycles. The van der Waals surface area contributed by atoms with E-state index in [9.17, 15) is 0 Å². The molecule has 3 N–H and O–H groups in total. The van der Waals surface area contributed by atoms with Crippen LogP contribution in [0.1, 0.15) is 5.69 Å². The van der Waals surface area contributed by atoms with Gasteiger partial charge in [-0.3, -0.25) is 9.50 Å². The second-order valence-electron chi connectivity index (χ2n) is 1.62. The average Bonchev–Trinajstić information content (AvgIpc) is 2.13.